The standard InChI is InChI=1S/C24H29N3O2S/c1-14(2)8-24-26-21(13-30-24)20-11-23(18-7-6-15(3)9-19(18)25-20)29-17-10-22(16(4)28)27(5)12-17/h6-7,9,11,13-14,17,22H,8,10,12H2,1-5H3. The van der Waals surface area contributed by atoms with Crippen molar-refractivity contribution in [2.45, 2.75) is 52.7 Å². The smallest absolute Gasteiger partial charge is 0.147 e. The van der Waals surface area contributed by atoms with Gasteiger partial charge in [-0.2, -0.15) is 0 Å². The molecule has 0 N–H and O–H groups in total. The van der Waals surface area contributed by atoms with Crippen LogP contribution in [0.25, 0.3) is 22.3 Å². The average molecular weight is 424 g/mol. The molecule has 1 aromatic carbocycles. The number of likely N-dealkylation sites (tertiary alicyclic amines) is 1. The van der Waals surface area contributed by atoms with Crippen LogP contribution in [0.3, 0.4) is 0 Å². The number of Topliss-reactive ketones (excluding diaryl/α,β-unsaturated/α-hetero) is 1. The van der Waals surface area contributed by atoms with E-state index < -0.39 is 0 Å². The number of benzene rings is 1. The Kier molecular flexibility index (Phi) is 5.89. The molecule has 1 aliphatic rings. The third kappa shape index (κ3) is 4.40. The number of hydrogen-bond donors (Lipinski definition) is 0. The fourth-order valence-electron chi connectivity index (χ4n) is 4.10. The van der Waals surface area contributed by atoms with Crippen molar-refractivity contribution in [1.29, 1.82) is 0 Å². The molecule has 30 heavy (non-hydrogen) atoms. The normalized spacial score (nSPS) is 19.7. The highest BCUT2D eigenvalue weighted by Gasteiger charge is 2.34. The van der Waals surface area contributed by atoms with Crippen molar-refractivity contribution < 1.29 is 9.53 Å². The van der Waals surface area contributed by atoms with E-state index in [-0.39, 0.29) is 17.9 Å². The minimum atomic E-state index is -0.0676. The van der Waals surface area contributed by atoms with Gasteiger partial charge in [0.05, 0.1) is 28.0 Å². The number of nitrogens with zero attached hydrogens (tertiary/aromatic N) is 3. The van der Waals surface area contributed by atoms with Gasteiger partial charge in [0, 0.05) is 36.2 Å². The van der Waals surface area contributed by atoms with Crippen molar-refractivity contribution >= 4 is 28.0 Å². The van der Waals surface area contributed by atoms with Gasteiger partial charge in [0.25, 0.3) is 0 Å². The molecule has 4 rings (SSSR count). The molecule has 0 radical (unpaired) electrons. The molecule has 1 fully saturated rings. The molecule has 1 aliphatic heterocycles. The summed E-state index contributed by atoms with van der Waals surface area (Å²) in [7, 11) is 1.99. The van der Waals surface area contributed by atoms with E-state index >= 15 is 0 Å². The number of likely N-dealkylation sites (N-methyl/N-ethyl adjacent to an activating group) is 1. The maximum absolute atomic E-state index is 11.9. The number of rotatable bonds is 6. The summed E-state index contributed by atoms with van der Waals surface area (Å²) in [5.74, 6) is 1.58. The number of hydrogen-bond acceptors (Lipinski definition) is 6. The first-order valence-electron chi connectivity index (χ1n) is 10.5. The first-order valence-corrected chi connectivity index (χ1v) is 11.4. The predicted molar refractivity (Wildman–Crippen MR) is 122 cm³/mol. The highest BCUT2D eigenvalue weighted by molar-refractivity contribution is 7.09. The Labute approximate surface area is 182 Å². The van der Waals surface area contributed by atoms with E-state index in [0.29, 0.717) is 12.3 Å². The summed E-state index contributed by atoms with van der Waals surface area (Å²) in [6.45, 7) is 8.88. The molecule has 3 aromatic rings. The van der Waals surface area contributed by atoms with Crippen LogP contribution in [0.5, 0.6) is 5.75 Å². The Bertz CT molecular complexity index is 1080. The van der Waals surface area contributed by atoms with E-state index in [0.717, 1.165) is 51.6 Å². The predicted octanol–water partition coefficient (Wildman–Crippen LogP) is 4.91. The Morgan fingerprint density at radius 3 is 2.77 bits per heavy atom. The van der Waals surface area contributed by atoms with E-state index in [2.05, 4.69) is 49.3 Å². The van der Waals surface area contributed by atoms with Crippen LogP contribution >= 0.6 is 11.3 Å². The zero-order valence-electron chi connectivity index (χ0n) is 18.3. The largest absolute Gasteiger partial charge is 0.488 e. The Morgan fingerprint density at radius 2 is 2.07 bits per heavy atom. The van der Waals surface area contributed by atoms with Crippen LogP contribution in [0.2, 0.25) is 0 Å². The molecule has 0 amide bonds. The Balaban J connectivity index is 1.70. The minimum absolute atomic E-state index is 0.0180. The lowest BCUT2D eigenvalue weighted by molar-refractivity contribution is -0.120. The van der Waals surface area contributed by atoms with Crippen molar-refractivity contribution in [2.75, 3.05) is 13.6 Å². The van der Waals surface area contributed by atoms with Crippen molar-refractivity contribution in [3.05, 3.63) is 40.2 Å². The Hall–Kier alpha value is -2.31. The van der Waals surface area contributed by atoms with Gasteiger partial charge in [0.1, 0.15) is 17.6 Å². The molecule has 2 atom stereocenters. The average Bonchev–Trinajstić information content (AvgIpc) is 3.27. The molecule has 0 saturated carbocycles. The van der Waals surface area contributed by atoms with Crippen molar-refractivity contribution in [1.82, 2.24) is 14.9 Å². The Morgan fingerprint density at radius 1 is 1.27 bits per heavy atom. The van der Waals surface area contributed by atoms with Crippen LogP contribution in [0.4, 0.5) is 0 Å². The quantitative estimate of drug-likeness (QED) is 0.564. The molecule has 0 aliphatic carbocycles. The van der Waals surface area contributed by atoms with Crippen LogP contribution in [-0.4, -0.2) is 46.4 Å². The monoisotopic (exact) mass is 423 g/mol. The second kappa shape index (κ2) is 8.44. The maximum Gasteiger partial charge on any atom is 0.147 e. The lowest BCUT2D eigenvalue weighted by Gasteiger charge is -2.16. The highest BCUT2D eigenvalue weighted by atomic mass is 32.1. The van der Waals surface area contributed by atoms with Gasteiger partial charge in [-0.3, -0.25) is 9.69 Å². The third-order valence-electron chi connectivity index (χ3n) is 5.60. The first-order chi connectivity index (χ1) is 14.3. The molecule has 0 bridgehead atoms. The molecular weight excluding hydrogens is 394 g/mol. The van der Waals surface area contributed by atoms with Crippen LogP contribution in [-0.2, 0) is 11.2 Å². The molecule has 3 heterocycles. The summed E-state index contributed by atoms with van der Waals surface area (Å²) in [5.41, 5.74) is 3.81. The fourth-order valence-corrected chi connectivity index (χ4v) is 5.10. The van der Waals surface area contributed by atoms with Crippen LogP contribution in [0.15, 0.2) is 29.6 Å². The molecule has 2 unspecified atom stereocenters. The van der Waals surface area contributed by atoms with Gasteiger partial charge in [-0.15, -0.1) is 11.3 Å². The summed E-state index contributed by atoms with van der Waals surface area (Å²) in [6.07, 6.45) is 1.67. The number of fused-ring (bicyclic) bond motifs is 1. The summed E-state index contributed by atoms with van der Waals surface area (Å²) in [6, 6.07) is 8.18. The summed E-state index contributed by atoms with van der Waals surface area (Å²) < 4.78 is 6.45. The fraction of sp³-hybridized carbons (Fsp3) is 0.458. The lowest BCUT2D eigenvalue weighted by Crippen LogP contribution is -2.31. The van der Waals surface area contributed by atoms with Gasteiger partial charge in [-0.05, 0) is 44.5 Å². The van der Waals surface area contributed by atoms with E-state index in [9.17, 15) is 4.79 Å². The van der Waals surface area contributed by atoms with Gasteiger partial charge in [-0.1, -0.05) is 19.9 Å². The topological polar surface area (TPSA) is 55.3 Å². The molecule has 1 saturated heterocycles. The molecule has 0 spiro atoms. The number of pyridine rings is 1. The van der Waals surface area contributed by atoms with Crippen molar-refractivity contribution in [3.8, 4) is 17.1 Å². The number of ketones is 1. The van der Waals surface area contributed by atoms with Crippen LogP contribution in [0.1, 0.15) is 37.8 Å². The number of thiazole rings is 1. The first kappa shape index (κ1) is 20.9. The summed E-state index contributed by atoms with van der Waals surface area (Å²) in [4.78, 5) is 23.7. The SMILES string of the molecule is CC(=O)C1CC(Oc2cc(-c3csc(CC(C)C)n3)nc3cc(C)ccc23)CN1C. The lowest BCUT2D eigenvalue weighted by atomic mass is 10.1. The van der Waals surface area contributed by atoms with Crippen molar-refractivity contribution in [3.63, 3.8) is 0 Å². The summed E-state index contributed by atoms with van der Waals surface area (Å²) >= 11 is 1.69. The van der Waals surface area contributed by atoms with Gasteiger partial charge >= 0.3 is 0 Å². The minimum Gasteiger partial charge on any atom is -0.488 e. The van der Waals surface area contributed by atoms with Gasteiger partial charge in [-0.25, -0.2) is 9.97 Å². The zero-order valence-corrected chi connectivity index (χ0v) is 19.1. The summed E-state index contributed by atoms with van der Waals surface area (Å²) in [5, 5.41) is 4.21. The highest BCUT2D eigenvalue weighted by Crippen LogP contribution is 2.33. The third-order valence-corrected chi connectivity index (χ3v) is 6.47. The van der Waals surface area contributed by atoms with Crippen molar-refractivity contribution in [2.24, 2.45) is 5.92 Å². The molecular formula is C24H29N3O2S. The number of ether oxygens (including phenoxy) is 1. The maximum atomic E-state index is 11.9. The molecule has 158 valence electrons. The molecule has 6 heteroatoms. The van der Waals surface area contributed by atoms with E-state index in [1.165, 1.54) is 0 Å². The molecule has 2 aromatic heterocycles. The van der Waals surface area contributed by atoms with E-state index in [4.69, 9.17) is 14.7 Å². The number of carbonyl (C=O) groups is 1. The van der Waals surface area contributed by atoms with Crippen LogP contribution < -0.4 is 4.74 Å². The zero-order chi connectivity index (χ0) is 21.4. The van der Waals surface area contributed by atoms with Crippen LogP contribution in [0, 0.1) is 12.8 Å². The van der Waals surface area contributed by atoms with E-state index in [1.54, 1.807) is 18.3 Å². The second-order valence-corrected chi connectivity index (χ2v) is 9.73. The van der Waals surface area contributed by atoms with Gasteiger partial charge in [0.2, 0.25) is 0 Å². The number of carbonyl (C=O) groups excluding carboxylic acids is 1. The van der Waals surface area contributed by atoms with Gasteiger partial charge in [0.15, 0.2) is 0 Å². The number of aryl methyl sites for hydroxylation is 1. The number of aromatic nitrogens is 2. The van der Waals surface area contributed by atoms with E-state index in [1.807, 2.05) is 13.1 Å². The molecule has 5 nitrogen and oxygen atoms in total. The van der Waals surface area contributed by atoms with Gasteiger partial charge < -0.3 is 4.74 Å². The second-order valence-electron chi connectivity index (χ2n) is 8.79.